The summed E-state index contributed by atoms with van der Waals surface area (Å²) in [4.78, 5) is 20.4. The summed E-state index contributed by atoms with van der Waals surface area (Å²) in [6, 6.07) is 21.1. The maximum Gasteiger partial charge on any atom is 0.323 e. The largest absolute Gasteiger partial charge is 0.508 e. The van der Waals surface area contributed by atoms with Gasteiger partial charge in [-0.05, 0) is 66.2 Å². The van der Waals surface area contributed by atoms with Crippen LogP contribution in [-0.2, 0) is 6.67 Å². The summed E-state index contributed by atoms with van der Waals surface area (Å²) in [7, 11) is 0. The van der Waals surface area contributed by atoms with Crippen molar-refractivity contribution in [2.75, 3.05) is 16.0 Å². The van der Waals surface area contributed by atoms with E-state index in [-0.39, 0.29) is 5.75 Å². The van der Waals surface area contributed by atoms with Crippen molar-refractivity contribution < 1.29 is 19.0 Å². The molecule has 0 atom stereocenters. The Labute approximate surface area is 189 Å². The maximum atomic E-state index is 12.8. The van der Waals surface area contributed by atoms with Crippen LogP contribution in [-0.4, -0.2) is 21.1 Å². The first-order chi connectivity index (χ1) is 16.1. The van der Waals surface area contributed by atoms with E-state index in [9.17, 15) is 14.3 Å². The topological polar surface area (TPSA) is 108 Å². The first kappa shape index (κ1) is 21.6. The highest BCUT2D eigenvalue weighted by Crippen LogP contribution is 2.24. The number of ether oxygens (including phenoxy) is 1. The minimum absolute atomic E-state index is 0.175. The Hall–Kier alpha value is -4.66. The van der Waals surface area contributed by atoms with Crippen LogP contribution in [0.25, 0.3) is 0 Å². The van der Waals surface area contributed by atoms with Crippen molar-refractivity contribution in [3.8, 4) is 17.4 Å². The number of halogens is 1. The van der Waals surface area contributed by atoms with Gasteiger partial charge in [0.05, 0.1) is 0 Å². The number of amides is 2. The second-order valence-electron chi connectivity index (χ2n) is 6.95. The lowest BCUT2D eigenvalue weighted by Crippen LogP contribution is -2.19. The smallest absolute Gasteiger partial charge is 0.323 e. The predicted molar refractivity (Wildman–Crippen MR) is 124 cm³/mol. The van der Waals surface area contributed by atoms with Gasteiger partial charge in [-0.25, -0.2) is 19.2 Å². The zero-order valence-corrected chi connectivity index (χ0v) is 17.3. The molecule has 0 saturated carbocycles. The fourth-order valence-electron chi connectivity index (χ4n) is 2.91. The number of rotatable bonds is 7. The van der Waals surface area contributed by atoms with Crippen molar-refractivity contribution in [1.82, 2.24) is 9.97 Å². The third-order valence-electron chi connectivity index (χ3n) is 4.46. The minimum atomic E-state index is -0.598. The normalized spacial score (nSPS) is 10.3. The third kappa shape index (κ3) is 6.17. The highest BCUT2D eigenvalue weighted by atomic mass is 19.1. The number of anilines is 4. The van der Waals surface area contributed by atoms with Crippen molar-refractivity contribution >= 4 is 28.9 Å². The van der Waals surface area contributed by atoms with Crippen LogP contribution in [0.1, 0.15) is 5.56 Å². The Morgan fingerprint density at radius 1 is 0.879 bits per heavy atom. The van der Waals surface area contributed by atoms with Crippen LogP contribution < -0.4 is 20.7 Å². The van der Waals surface area contributed by atoms with E-state index in [4.69, 9.17) is 4.74 Å². The first-order valence-electron chi connectivity index (χ1n) is 9.96. The summed E-state index contributed by atoms with van der Waals surface area (Å²) in [6.45, 7) is -0.598. The molecule has 0 saturated heterocycles. The number of aromatic hydroxyl groups is 1. The lowest BCUT2D eigenvalue weighted by atomic mass is 10.2. The molecule has 0 aliphatic rings. The molecule has 0 fully saturated rings. The number of alkyl halides is 1. The fourth-order valence-corrected chi connectivity index (χ4v) is 2.91. The van der Waals surface area contributed by atoms with Crippen LogP contribution >= 0.6 is 0 Å². The van der Waals surface area contributed by atoms with E-state index in [2.05, 4.69) is 25.9 Å². The number of hydrogen-bond acceptors (Lipinski definition) is 6. The van der Waals surface area contributed by atoms with E-state index >= 15 is 0 Å². The van der Waals surface area contributed by atoms with E-state index in [0.717, 1.165) is 5.69 Å². The van der Waals surface area contributed by atoms with Gasteiger partial charge in [-0.2, -0.15) is 0 Å². The standard InChI is InChI=1S/C24H20FN5O3/c25-14-16-2-1-3-19(12-16)30-24(32)29-18-6-10-21(11-7-18)33-23-13-22(26-15-27-23)28-17-4-8-20(31)9-5-17/h1-13,15,31H,14H2,(H,26,27,28)(H2,29,30,32). The van der Waals surface area contributed by atoms with Gasteiger partial charge in [0, 0.05) is 23.1 Å². The number of phenols is 1. The molecule has 0 radical (unpaired) electrons. The van der Waals surface area contributed by atoms with Crippen LogP contribution in [0.4, 0.5) is 32.1 Å². The van der Waals surface area contributed by atoms with E-state index in [0.29, 0.717) is 34.4 Å². The number of hydrogen-bond donors (Lipinski definition) is 4. The molecule has 9 heteroatoms. The van der Waals surface area contributed by atoms with Crippen molar-refractivity contribution in [2.24, 2.45) is 0 Å². The van der Waals surface area contributed by atoms with Gasteiger partial charge in [0.25, 0.3) is 0 Å². The molecule has 0 unspecified atom stereocenters. The highest BCUT2D eigenvalue weighted by Gasteiger charge is 2.06. The highest BCUT2D eigenvalue weighted by molar-refractivity contribution is 5.99. The molecule has 1 heterocycles. The molecule has 3 aromatic carbocycles. The first-order valence-corrected chi connectivity index (χ1v) is 9.96. The molecule has 0 aliphatic carbocycles. The average molecular weight is 445 g/mol. The molecule has 4 N–H and O–H groups in total. The summed E-state index contributed by atoms with van der Waals surface area (Å²) in [5, 5.41) is 17.8. The number of nitrogens with zero attached hydrogens (tertiary/aromatic N) is 2. The van der Waals surface area contributed by atoms with Gasteiger partial charge >= 0.3 is 6.03 Å². The van der Waals surface area contributed by atoms with E-state index in [1.807, 2.05) is 0 Å². The number of aromatic nitrogens is 2. The predicted octanol–water partition coefficient (Wildman–Crippen LogP) is 5.83. The summed E-state index contributed by atoms with van der Waals surface area (Å²) >= 11 is 0. The number of carbonyl (C=O) groups is 1. The summed E-state index contributed by atoms with van der Waals surface area (Å²) in [5.74, 6) is 1.55. The number of phenolic OH excluding ortho intramolecular Hbond substituents is 1. The number of benzene rings is 3. The Morgan fingerprint density at radius 2 is 1.61 bits per heavy atom. The van der Waals surface area contributed by atoms with Gasteiger partial charge < -0.3 is 25.8 Å². The quantitative estimate of drug-likeness (QED) is 0.267. The van der Waals surface area contributed by atoms with Crippen molar-refractivity contribution in [3.63, 3.8) is 0 Å². The monoisotopic (exact) mass is 445 g/mol. The zero-order valence-electron chi connectivity index (χ0n) is 17.3. The second kappa shape index (κ2) is 10.1. The van der Waals surface area contributed by atoms with Gasteiger partial charge in [0.15, 0.2) is 0 Å². The molecule has 0 aliphatic heterocycles. The lowest BCUT2D eigenvalue weighted by Gasteiger charge is -2.10. The average Bonchev–Trinajstić information content (AvgIpc) is 2.82. The van der Waals surface area contributed by atoms with Gasteiger partial charge in [-0.15, -0.1) is 0 Å². The second-order valence-corrected chi connectivity index (χ2v) is 6.95. The van der Waals surface area contributed by atoms with E-state index < -0.39 is 12.7 Å². The molecule has 4 aromatic rings. The Kier molecular flexibility index (Phi) is 6.60. The molecular formula is C24H20FN5O3. The molecule has 0 spiro atoms. The van der Waals surface area contributed by atoms with Crippen LogP contribution in [0.2, 0.25) is 0 Å². The zero-order chi connectivity index (χ0) is 23.0. The number of nitrogens with one attached hydrogen (secondary N) is 3. The minimum Gasteiger partial charge on any atom is -0.508 e. The lowest BCUT2D eigenvalue weighted by molar-refractivity contribution is 0.262. The molecule has 4 rings (SSSR count). The molecule has 8 nitrogen and oxygen atoms in total. The summed E-state index contributed by atoms with van der Waals surface area (Å²) < 4.78 is 18.5. The molecule has 2 amide bonds. The number of urea groups is 1. The van der Waals surface area contributed by atoms with Gasteiger partial charge in [0.2, 0.25) is 5.88 Å². The number of carbonyl (C=O) groups excluding carboxylic acids is 1. The van der Waals surface area contributed by atoms with Crippen molar-refractivity contribution in [3.05, 3.63) is 90.8 Å². The summed E-state index contributed by atoms with van der Waals surface area (Å²) in [5.41, 5.74) is 2.30. The van der Waals surface area contributed by atoms with Crippen molar-refractivity contribution in [1.29, 1.82) is 0 Å². The fraction of sp³-hybridized carbons (Fsp3) is 0.0417. The Morgan fingerprint density at radius 3 is 2.36 bits per heavy atom. The Bertz CT molecular complexity index is 1230. The van der Waals surface area contributed by atoms with Gasteiger partial charge in [0.1, 0.15) is 30.3 Å². The third-order valence-corrected chi connectivity index (χ3v) is 4.46. The van der Waals surface area contributed by atoms with Crippen LogP contribution in [0, 0.1) is 0 Å². The van der Waals surface area contributed by atoms with E-state index in [1.165, 1.54) is 6.33 Å². The molecule has 166 valence electrons. The molecule has 0 bridgehead atoms. The van der Waals surface area contributed by atoms with Crippen LogP contribution in [0.15, 0.2) is 85.2 Å². The maximum absolute atomic E-state index is 12.8. The molecule has 1 aromatic heterocycles. The van der Waals surface area contributed by atoms with E-state index in [1.54, 1.807) is 78.9 Å². The van der Waals surface area contributed by atoms with Crippen LogP contribution in [0.5, 0.6) is 17.4 Å². The van der Waals surface area contributed by atoms with Crippen LogP contribution in [0.3, 0.4) is 0 Å². The Balaban J connectivity index is 1.34. The molecular weight excluding hydrogens is 425 g/mol. The van der Waals surface area contributed by atoms with Gasteiger partial charge in [-0.1, -0.05) is 12.1 Å². The van der Waals surface area contributed by atoms with Crippen molar-refractivity contribution in [2.45, 2.75) is 6.67 Å². The van der Waals surface area contributed by atoms with Gasteiger partial charge in [-0.3, -0.25) is 0 Å². The summed E-state index contributed by atoms with van der Waals surface area (Å²) in [6.07, 6.45) is 1.37. The molecule has 33 heavy (non-hydrogen) atoms. The SMILES string of the molecule is O=C(Nc1ccc(Oc2cc(Nc3ccc(O)cc3)ncn2)cc1)Nc1cccc(CF)c1.